The topological polar surface area (TPSA) is 0 Å². The lowest BCUT2D eigenvalue weighted by atomic mass is 9.77. The Balaban J connectivity index is 1.91. The summed E-state index contributed by atoms with van der Waals surface area (Å²) in [7, 11) is 0. The molecule has 0 atom stereocenters. The van der Waals surface area contributed by atoms with E-state index >= 15 is 0 Å². The van der Waals surface area contributed by atoms with E-state index in [1.165, 1.54) is 12.8 Å². The fraction of sp³-hybridized carbons (Fsp3) is 0.524. The predicted octanol–water partition coefficient (Wildman–Crippen LogP) is 6.75. The van der Waals surface area contributed by atoms with Gasteiger partial charge in [-0.1, -0.05) is 38.8 Å². The van der Waals surface area contributed by atoms with Crippen molar-refractivity contribution >= 4 is 10.8 Å². The smallest absolute Gasteiger partial charge is 0.166 e. The maximum atomic E-state index is 14.6. The molecule has 1 aliphatic carbocycles. The molecular weight excluding hydrogens is 290 g/mol. The first kappa shape index (κ1) is 16.4. The molecule has 0 aromatic heterocycles. The molecule has 2 aromatic rings. The van der Waals surface area contributed by atoms with Gasteiger partial charge in [-0.25, -0.2) is 8.78 Å². The zero-order valence-corrected chi connectivity index (χ0v) is 14.2. The van der Waals surface area contributed by atoms with E-state index in [2.05, 4.69) is 6.92 Å². The van der Waals surface area contributed by atoms with Crippen LogP contribution in [-0.2, 0) is 6.42 Å². The highest BCUT2D eigenvalue weighted by Crippen LogP contribution is 2.40. The van der Waals surface area contributed by atoms with Crippen LogP contribution < -0.4 is 0 Å². The normalized spacial score (nSPS) is 21.7. The summed E-state index contributed by atoms with van der Waals surface area (Å²) in [6, 6.07) is 7.62. The average Bonchev–Trinajstić information content (AvgIpc) is 2.59. The molecule has 0 N–H and O–H groups in total. The van der Waals surface area contributed by atoms with Crippen molar-refractivity contribution in [3.05, 3.63) is 47.0 Å². The van der Waals surface area contributed by atoms with Gasteiger partial charge in [0.2, 0.25) is 0 Å². The summed E-state index contributed by atoms with van der Waals surface area (Å²) >= 11 is 0. The maximum absolute atomic E-state index is 14.6. The quantitative estimate of drug-likeness (QED) is 0.585. The third kappa shape index (κ3) is 3.27. The molecule has 0 aliphatic heterocycles. The Morgan fingerprint density at radius 3 is 2.35 bits per heavy atom. The van der Waals surface area contributed by atoms with Crippen molar-refractivity contribution in [3.63, 3.8) is 0 Å². The molecule has 0 saturated heterocycles. The lowest BCUT2D eigenvalue weighted by molar-refractivity contribution is 0.303. The third-order valence-electron chi connectivity index (χ3n) is 5.50. The molecule has 0 amide bonds. The van der Waals surface area contributed by atoms with Gasteiger partial charge in [0, 0.05) is 5.39 Å². The Labute approximate surface area is 137 Å². The summed E-state index contributed by atoms with van der Waals surface area (Å²) in [4.78, 5) is 0. The predicted molar refractivity (Wildman–Crippen MR) is 92.8 cm³/mol. The molecule has 1 aliphatic rings. The lowest BCUT2D eigenvalue weighted by Gasteiger charge is -2.29. The number of hydrogen-bond donors (Lipinski definition) is 0. The Bertz CT molecular complexity index is 682. The molecule has 1 fully saturated rings. The minimum Gasteiger partial charge on any atom is -0.203 e. The average molecular weight is 316 g/mol. The van der Waals surface area contributed by atoms with E-state index in [9.17, 15) is 8.78 Å². The van der Waals surface area contributed by atoms with Gasteiger partial charge in [-0.15, -0.1) is 0 Å². The van der Waals surface area contributed by atoms with Crippen LogP contribution in [-0.4, -0.2) is 0 Å². The molecule has 2 heteroatoms. The van der Waals surface area contributed by atoms with Crippen molar-refractivity contribution in [2.45, 2.75) is 64.7 Å². The van der Waals surface area contributed by atoms with Gasteiger partial charge >= 0.3 is 0 Å². The summed E-state index contributed by atoms with van der Waals surface area (Å²) in [5.41, 5.74) is 1.64. The molecule has 0 radical (unpaired) electrons. The van der Waals surface area contributed by atoms with E-state index in [0.717, 1.165) is 49.0 Å². The van der Waals surface area contributed by atoms with Gasteiger partial charge in [-0.2, -0.15) is 0 Å². The van der Waals surface area contributed by atoms with Crippen LogP contribution in [0.2, 0.25) is 0 Å². The second kappa shape index (κ2) is 6.98. The van der Waals surface area contributed by atoms with Crippen LogP contribution in [0.3, 0.4) is 0 Å². The van der Waals surface area contributed by atoms with Crippen LogP contribution in [0.1, 0.15) is 69.4 Å². The number of benzene rings is 2. The Morgan fingerprint density at radius 2 is 1.70 bits per heavy atom. The minimum atomic E-state index is -0.663. The Hall–Kier alpha value is -1.44. The molecule has 0 nitrogen and oxygen atoms in total. The zero-order chi connectivity index (χ0) is 16.4. The van der Waals surface area contributed by atoms with Gasteiger partial charge in [0.05, 0.1) is 0 Å². The Morgan fingerprint density at radius 1 is 0.957 bits per heavy atom. The molecule has 0 bridgehead atoms. The fourth-order valence-corrected chi connectivity index (χ4v) is 4.08. The molecule has 2 aromatic carbocycles. The van der Waals surface area contributed by atoms with Crippen molar-refractivity contribution in [2.24, 2.45) is 5.92 Å². The first-order valence-corrected chi connectivity index (χ1v) is 9.04. The minimum absolute atomic E-state index is 0.174. The van der Waals surface area contributed by atoms with E-state index in [0.29, 0.717) is 10.9 Å². The van der Waals surface area contributed by atoms with Crippen LogP contribution in [0, 0.1) is 17.6 Å². The van der Waals surface area contributed by atoms with E-state index in [4.69, 9.17) is 0 Å². The van der Waals surface area contributed by atoms with E-state index < -0.39 is 11.6 Å². The van der Waals surface area contributed by atoms with Crippen molar-refractivity contribution in [2.75, 3.05) is 0 Å². The highest BCUT2D eigenvalue weighted by molar-refractivity contribution is 5.84. The highest BCUT2D eigenvalue weighted by atomic mass is 19.2. The first-order valence-electron chi connectivity index (χ1n) is 9.04. The summed E-state index contributed by atoms with van der Waals surface area (Å²) in [5, 5.41) is 1.25. The molecule has 0 spiro atoms. The molecule has 3 rings (SSSR count). The third-order valence-corrected chi connectivity index (χ3v) is 5.50. The van der Waals surface area contributed by atoms with Crippen LogP contribution in [0.5, 0.6) is 0 Å². The van der Waals surface area contributed by atoms with Crippen LogP contribution in [0.15, 0.2) is 24.3 Å². The number of hydrogen-bond acceptors (Lipinski definition) is 0. The standard InChI is InChI=1S/C21H26F2/c1-3-5-15-7-9-16(10-8-15)19-13-17-11-6-14(4-2)12-18(17)20(22)21(19)23/h6,11-13,15-16H,3-5,7-10H2,1-2H3. The summed E-state index contributed by atoms with van der Waals surface area (Å²) in [6.07, 6.45) is 7.58. The molecular formula is C21H26F2. The second-order valence-electron chi connectivity index (χ2n) is 7.01. The van der Waals surface area contributed by atoms with E-state index in [1.807, 2.05) is 25.1 Å². The monoisotopic (exact) mass is 316 g/mol. The Kier molecular flexibility index (Phi) is 4.99. The van der Waals surface area contributed by atoms with Gasteiger partial charge in [0.15, 0.2) is 11.6 Å². The van der Waals surface area contributed by atoms with Crippen LogP contribution >= 0.6 is 0 Å². The largest absolute Gasteiger partial charge is 0.203 e. The van der Waals surface area contributed by atoms with Gasteiger partial charge < -0.3 is 0 Å². The summed E-state index contributed by atoms with van der Waals surface area (Å²) in [6.45, 7) is 4.24. The first-order chi connectivity index (χ1) is 11.1. The van der Waals surface area contributed by atoms with E-state index in [-0.39, 0.29) is 5.92 Å². The zero-order valence-electron chi connectivity index (χ0n) is 14.2. The number of rotatable bonds is 4. The molecule has 0 unspecified atom stereocenters. The molecule has 1 saturated carbocycles. The van der Waals surface area contributed by atoms with Crippen LogP contribution in [0.25, 0.3) is 10.8 Å². The molecule has 124 valence electrons. The maximum Gasteiger partial charge on any atom is 0.166 e. The SMILES string of the molecule is CCCC1CCC(c2cc3ccc(CC)cc3c(F)c2F)CC1. The van der Waals surface area contributed by atoms with E-state index in [1.54, 1.807) is 6.07 Å². The second-order valence-corrected chi connectivity index (χ2v) is 7.01. The van der Waals surface area contributed by atoms with Crippen LogP contribution in [0.4, 0.5) is 8.78 Å². The molecule has 23 heavy (non-hydrogen) atoms. The number of halogens is 2. The summed E-state index contributed by atoms with van der Waals surface area (Å²) < 4.78 is 29.2. The number of fused-ring (bicyclic) bond motifs is 1. The van der Waals surface area contributed by atoms with Crippen molar-refractivity contribution in [1.29, 1.82) is 0 Å². The summed E-state index contributed by atoms with van der Waals surface area (Å²) in [5.74, 6) is -0.335. The highest BCUT2D eigenvalue weighted by Gasteiger charge is 2.26. The molecule has 0 heterocycles. The van der Waals surface area contributed by atoms with Gasteiger partial charge in [0.25, 0.3) is 0 Å². The fourth-order valence-electron chi connectivity index (χ4n) is 4.08. The number of aryl methyl sites for hydroxylation is 1. The lowest BCUT2D eigenvalue weighted by Crippen LogP contribution is -2.14. The van der Waals surface area contributed by atoms with Gasteiger partial charge in [0.1, 0.15) is 0 Å². The van der Waals surface area contributed by atoms with Gasteiger partial charge in [-0.3, -0.25) is 0 Å². The van der Waals surface area contributed by atoms with Gasteiger partial charge in [-0.05, 0) is 72.6 Å². The van der Waals surface area contributed by atoms with Crippen molar-refractivity contribution in [3.8, 4) is 0 Å². The van der Waals surface area contributed by atoms with Crippen molar-refractivity contribution in [1.82, 2.24) is 0 Å². The van der Waals surface area contributed by atoms with Crippen molar-refractivity contribution < 1.29 is 8.78 Å².